The van der Waals surface area contributed by atoms with E-state index in [0.717, 1.165) is 4.68 Å². The summed E-state index contributed by atoms with van der Waals surface area (Å²) in [5, 5.41) is 27.3. The topological polar surface area (TPSA) is 143 Å². The van der Waals surface area contributed by atoms with E-state index in [1.54, 1.807) is 36.4 Å². The molecule has 0 fully saturated rings. The molecule has 0 aliphatic heterocycles. The molecular weight excluding hydrogens is 538 g/mol. The summed E-state index contributed by atoms with van der Waals surface area (Å²) >= 11 is 6.37. The molecule has 5 rings (SSSR count). The Kier molecular flexibility index (Phi) is 7.29. The minimum absolute atomic E-state index is 0.0511. The van der Waals surface area contributed by atoms with Gasteiger partial charge >= 0.3 is 5.69 Å². The molecule has 12 heteroatoms. The van der Waals surface area contributed by atoms with Crippen molar-refractivity contribution in [1.29, 1.82) is 0 Å². The van der Waals surface area contributed by atoms with Crippen LogP contribution in [0.5, 0.6) is 5.75 Å². The Bertz CT molecular complexity index is 1840. The van der Waals surface area contributed by atoms with Gasteiger partial charge in [0, 0.05) is 29.3 Å². The van der Waals surface area contributed by atoms with Crippen molar-refractivity contribution in [1.82, 2.24) is 9.66 Å². The molecule has 1 heterocycles. The summed E-state index contributed by atoms with van der Waals surface area (Å²) in [6.45, 7) is -0.107. The second kappa shape index (κ2) is 11.1. The number of aromatic nitrogens is 2. The van der Waals surface area contributed by atoms with Crippen molar-refractivity contribution in [3.63, 3.8) is 0 Å². The SMILES string of the molecule is O=c1c2ccccc2nc(-c2ccccc2)n1N=Cc1cc(Cl)c(OCc2ccc([N+](=O)[O-])cc2)c([N+](=O)[O-])c1. The maximum absolute atomic E-state index is 13.3. The van der Waals surface area contributed by atoms with E-state index in [1.807, 2.05) is 18.2 Å². The summed E-state index contributed by atoms with van der Waals surface area (Å²) in [4.78, 5) is 39.5. The monoisotopic (exact) mass is 555 g/mol. The zero-order valence-electron chi connectivity index (χ0n) is 20.5. The van der Waals surface area contributed by atoms with Gasteiger partial charge in [0.2, 0.25) is 5.75 Å². The van der Waals surface area contributed by atoms with Gasteiger partial charge in [-0.3, -0.25) is 25.0 Å². The van der Waals surface area contributed by atoms with Gasteiger partial charge in [-0.2, -0.15) is 9.78 Å². The summed E-state index contributed by atoms with van der Waals surface area (Å²) in [6.07, 6.45) is 1.28. The Morgan fingerprint density at radius 1 is 0.925 bits per heavy atom. The molecule has 4 aromatic carbocycles. The smallest absolute Gasteiger partial charge is 0.313 e. The van der Waals surface area contributed by atoms with E-state index in [2.05, 4.69) is 10.1 Å². The maximum Gasteiger partial charge on any atom is 0.313 e. The first-order valence-electron chi connectivity index (χ1n) is 11.8. The van der Waals surface area contributed by atoms with Crippen molar-refractivity contribution in [2.75, 3.05) is 0 Å². The van der Waals surface area contributed by atoms with Gasteiger partial charge < -0.3 is 4.74 Å². The number of ether oxygens (including phenoxy) is 1. The van der Waals surface area contributed by atoms with Crippen molar-refractivity contribution in [3.05, 3.63) is 138 Å². The van der Waals surface area contributed by atoms with E-state index in [0.29, 0.717) is 27.9 Å². The number of hydrogen-bond acceptors (Lipinski definition) is 8. The normalized spacial score (nSPS) is 11.1. The first kappa shape index (κ1) is 26.2. The lowest BCUT2D eigenvalue weighted by molar-refractivity contribution is -0.386. The number of nitro groups is 2. The van der Waals surface area contributed by atoms with Crippen molar-refractivity contribution >= 4 is 40.1 Å². The summed E-state index contributed by atoms with van der Waals surface area (Å²) in [7, 11) is 0. The van der Waals surface area contributed by atoms with Crippen LogP contribution in [0.1, 0.15) is 11.1 Å². The predicted molar refractivity (Wildman–Crippen MR) is 150 cm³/mol. The van der Waals surface area contributed by atoms with Crippen LogP contribution in [0.4, 0.5) is 11.4 Å². The second-order valence-corrected chi connectivity index (χ2v) is 8.91. The van der Waals surface area contributed by atoms with Crippen LogP contribution in [0.3, 0.4) is 0 Å². The molecule has 40 heavy (non-hydrogen) atoms. The van der Waals surface area contributed by atoms with Crippen molar-refractivity contribution < 1.29 is 14.6 Å². The van der Waals surface area contributed by atoms with Gasteiger partial charge in [0.25, 0.3) is 11.2 Å². The van der Waals surface area contributed by atoms with Gasteiger partial charge in [0.15, 0.2) is 5.82 Å². The van der Waals surface area contributed by atoms with E-state index < -0.39 is 21.1 Å². The van der Waals surface area contributed by atoms with Crippen molar-refractivity contribution in [2.24, 2.45) is 5.10 Å². The Labute approximate surface area is 230 Å². The first-order chi connectivity index (χ1) is 19.3. The number of rotatable bonds is 8. The van der Waals surface area contributed by atoms with Crippen molar-refractivity contribution in [3.8, 4) is 17.1 Å². The molecule has 5 aromatic rings. The van der Waals surface area contributed by atoms with Crippen LogP contribution in [0.15, 0.2) is 101 Å². The fourth-order valence-corrected chi connectivity index (χ4v) is 4.23. The molecule has 0 saturated carbocycles. The standard InChI is InChI=1S/C28H18ClN5O6/c29-23-14-19(15-25(34(38)39)26(23)40-17-18-10-12-21(13-11-18)33(36)37)16-30-32-27(20-6-2-1-3-7-20)31-24-9-5-4-8-22(24)28(32)35/h1-16H,17H2. The highest BCUT2D eigenvalue weighted by molar-refractivity contribution is 6.32. The molecule has 0 unspecified atom stereocenters. The fourth-order valence-electron chi connectivity index (χ4n) is 3.95. The van der Waals surface area contributed by atoms with Crippen LogP contribution in [0, 0.1) is 20.2 Å². The molecule has 198 valence electrons. The average Bonchev–Trinajstić information content (AvgIpc) is 2.96. The zero-order chi connectivity index (χ0) is 28.2. The number of nitro benzene ring substituents is 2. The van der Waals surface area contributed by atoms with Crippen LogP contribution in [-0.2, 0) is 6.61 Å². The van der Waals surface area contributed by atoms with Crippen LogP contribution in [0.2, 0.25) is 5.02 Å². The Balaban J connectivity index is 1.50. The minimum atomic E-state index is -0.645. The van der Waals surface area contributed by atoms with E-state index in [1.165, 1.54) is 42.6 Å². The second-order valence-electron chi connectivity index (χ2n) is 8.50. The fraction of sp³-hybridized carbons (Fsp3) is 0.0357. The lowest BCUT2D eigenvalue weighted by Gasteiger charge is -2.11. The van der Waals surface area contributed by atoms with Crippen LogP contribution < -0.4 is 10.3 Å². The number of hydrogen-bond donors (Lipinski definition) is 0. The third kappa shape index (κ3) is 5.40. The third-order valence-electron chi connectivity index (χ3n) is 5.88. The number of nitrogens with zero attached hydrogens (tertiary/aromatic N) is 5. The van der Waals surface area contributed by atoms with Gasteiger partial charge in [-0.25, -0.2) is 4.98 Å². The Morgan fingerprint density at radius 2 is 1.62 bits per heavy atom. The van der Waals surface area contributed by atoms with E-state index >= 15 is 0 Å². The summed E-state index contributed by atoms with van der Waals surface area (Å²) in [5.41, 5.74) is 1.05. The summed E-state index contributed by atoms with van der Waals surface area (Å²) in [6, 6.07) is 24.1. The first-order valence-corrected chi connectivity index (χ1v) is 12.2. The summed E-state index contributed by atoms with van der Waals surface area (Å²) in [5.74, 6) is 0.126. The van der Waals surface area contributed by atoms with E-state index in [-0.39, 0.29) is 28.6 Å². The lowest BCUT2D eigenvalue weighted by Crippen LogP contribution is -2.20. The molecule has 0 spiro atoms. The quantitative estimate of drug-likeness (QED) is 0.130. The number of halogens is 1. The molecule has 0 saturated heterocycles. The molecule has 0 atom stereocenters. The maximum atomic E-state index is 13.3. The minimum Gasteiger partial charge on any atom is -0.481 e. The lowest BCUT2D eigenvalue weighted by atomic mass is 10.2. The number of para-hydroxylation sites is 1. The predicted octanol–water partition coefficient (Wildman–Crippen LogP) is 5.99. The molecule has 0 aliphatic carbocycles. The Morgan fingerprint density at radius 3 is 2.33 bits per heavy atom. The third-order valence-corrected chi connectivity index (χ3v) is 6.16. The molecule has 0 aliphatic rings. The number of fused-ring (bicyclic) bond motifs is 1. The largest absolute Gasteiger partial charge is 0.481 e. The molecule has 1 aromatic heterocycles. The van der Waals surface area contributed by atoms with Gasteiger partial charge in [-0.1, -0.05) is 54.1 Å². The highest BCUT2D eigenvalue weighted by atomic mass is 35.5. The number of benzene rings is 4. The van der Waals surface area contributed by atoms with Crippen LogP contribution >= 0.6 is 11.6 Å². The Hall–Kier alpha value is -5.42. The molecule has 11 nitrogen and oxygen atoms in total. The van der Waals surface area contributed by atoms with Crippen molar-refractivity contribution in [2.45, 2.75) is 6.61 Å². The molecule has 0 bridgehead atoms. The van der Waals surface area contributed by atoms with Gasteiger partial charge in [-0.15, -0.1) is 0 Å². The van der Waals surface area contributed by atoms with E-state index in [4.69, 9.17) is 16.3 Å². The number of non-ortho nitro benzene ring substituents is 1. The zero-order valence-corrected chi connectivity index (χ0v) is 21.3. The highest BCUT2D eigenvalue weighted by Crippen LogP contribution is 2.36. The van der Waals surface area contributed by atoms with Crippen LogP contribution in [0.25, 0.3) is 22.3 Å². The summed E-state index contributed by atoms with van der Waals surface area (Å²) < 4.78 is 6.76. The average molecular weight is 556 g/mol. The molecule has 0 amide bonds. The van der Waals surface area contributed by atoms with Gasteiger partial charge in [-0.05, 0) is 35.9 Å². The van der Waals surface area contributed by atoms with Gasteiger partial charge in [0.05, 0.1) is 32.0 Å². The molecular formula is C28H18ClN5O6. The van der Waals surface area contributed by atoms with Crippen LogP contribution in [-0.4, -0.2) is 25.7 Å². The molecule has 0 radical (unpaired) electrons. The van der Waals surface area contributed by atoms with Gasteiger partial charge in [0.1, 0.15) is 6.61 Å². The molecule has 0 N–H and O–H groups in total. The van der Waals surface area contributed by atoms with E-state index in [9.17, 15) is 25.0 Å². The highest BCUT2D eigenvalue weighted by Gasteiger charge is 2.21.